The van der Waals surface area contributed by atoms with Crippen molar-refractivity contribution in [3.8, 4) is 23.0 Å². The van der Waals surface area contributed by atoms with Crippen molar-refractivity contribution in [1.82, 2.24) is 0 Å². The summed E-state index contributed by atoms with van der Waals surface area (Å²) in [5.41, 5.74) is 11.5. The number of allylic oxidation sites excluding steroid dienone is 4. The van der Waals surface area contributed by atoms with Gasteiger partial charge in [0, 0.05) is 58.1 Å². The van der Waals surface area contributed by atoms with Gasteiger partial charge >= 0.3 is 117 Å². The Morgan fingerprint density at radius 1 is 0.465 bits per heavy atom. The molecular formula is C104H119BrClNNa2O32S. The number of Topliss-reactive ketones (excluding diaryl/α,β-unsaturated/α-hetero) is 2. The molecule has 33 nitrogen and oxygen atoms in total. The second-order valence-electron chi connectivity index (χ2n) is 28.9. The summed E-state index contributed by atoms with van der Waals surface area (Å²) in [7, 11) is 7.44. The van der Waals surface area contributed by atoms with Crippen molar-refractivity contribution in [2.45, 2.75) is 107 Å². The van der Waals surface area contributed by atoms with E-state index in [0.29, 0.717) is 95.7 Å². The van der Waals surface area contributed by atoms with E-state index in [9.17, 15) is 53.1 Å². The number of hydrogen-bond donors (Lipinski definition) is 6. The van der Waals surface area contributed by atoms with E-state index in [1.165, 1.54) is 74.3 Å². The van der Waals surface area contributed by atoms with E-state index in [2.05, 4.69) is 63.2 Å². The average molecular weight is 2090 g/mol. The van der Waals surface area contributed by atoms with Crippen molar-refractivity contribution in [1.29, 1.82) is 0 Å². The molecule has 142 heavy (non-hydrogen) atoms. The monoisotopic (exact) mass is 2090 g/mol. The number of fused-ring (bicyclic) bond motifs is 4. The number of esters is 6. The molecule has 13 rings (SSSR count). The molecule has 0 aliphatic rings. The average Bonchev–Trinajstić information content (AvgIpc) is 1.65. The summed E-state index contributed by atoms with van der Waals surface area (Å²) in [6.07, 6.45) is 12.2. The van der Waals surface area contributed by atoms with Gasteiger partial charge in [0.25, 0.3) is 0 Å². The van der Waals surface area contributed by atoms with E-state index in [1.807, 2.05) is 131 Å². The number of aromatic carboxylic acids is 2. The first-order chi connectivity index (χ1) is 65.2. The van der Waals surface area contributed by atoms with Gasteiger partial charge in [-0.05, 0) is 233 Å². The molecule has 3 atom stereocenters. The first-order valence-electron chi connectivity index (χ1n) is 41.7. The van der Waals surface area contributed by atoms with Crippen molar-refractivity contribution in [2.24, 2.45) is 0 Å². The molecule has 0 fully saturated rings. The van der Waals surface area contributed by atoms with Crippen LogP contribution in [0.5, 0.6) is 23.0 Å². The van der Waals surface area contributed by atoms with Gasteiger partial charge in [0.1, 0.15) is 69.2 Å². The molecule has 0 saturated carbocycles. The summed E-state index contributed by atoms with van der Waals surface area (Å²) in [5.74, 6) is -1.42. The number of nitrogens with zero attached hydrogens (tertiary/aromatic N) is 1. The number of anilines is 1. The first kappa shape index (κ1) is 133. The van der Waals surface area contributed by atoms with Crippen LogP contribution in [0.4, 0.5) is 5.69 Å². The molecule has 0 aliphatic heterocycles. The summed E-state index contributed by atoms with van der Waals surface area (Å²) in [6, 6.07) is 55.3. The van der Waals surface area contributed by atoms with E-state index < -0.39 is 46.3 Å². The fourth-order valence-electron chi connectivity index (χ4n) is 11.4. The summed E-state index contributed by atoms with van der Waals surface area (Å²) in [4.78, 5) is 113. The maximum absolute atomic E-state index is 11.5. The van der Waals surface area contributed by atoms with Crippen LogP contribution in [0.2, 0.25) is 0 Å². The Hall–Kier alpha value is -13.0. The Morgan fingerprint density at radius 3 is 1.18 bits per heavy atom. The van der Waals surface area contributed by atoms with Crippen LogP contribution in [0.25, 0.3) is 43.9 Å². The third-order valence-electron chi connectivity index (χ3n) is 18.9. The van der Waals surface area contributed by atoms with Crippen LogP contribution in [0, 0.1) is 41.5 Å². The molecule has 0 saturated heterocycles. The molecule has 3 unspecified atom stereocenters. The number of carboxylic acids is 2. The maximum Gasteiger partial charge on any atom is 1.00 e. The van der Waals surface area contributed by atoms with Crippen LogP contribution < -0.4 is 73.5 Å². The number of alkyl halides is 2. The zero-order valence-electron chi connectivity index (χ0n) is 83.4. The van der Waals surface area contributed by atoms with Gasteiger partial charge < -0.3 is 91.8 Å². The SMILES string of the molecule is C/C=C/CBr.C/C=C/COc1cccc(C(=O)OC)c1.C=CC(C)c1c(O)cccc1C(=O)OC.CC(=O)C(C)Cl.CN(C)c1ccccc1.COC(=O)c1cccc(O)c1.COC(=O)c1cccc(OC(C)C(C)=O)c1.COC(=O)c1cccc2oc(C)c(C)c12.COC(=O)c1cccc2occ(C)c12.Cc1coc2cccc(C(=O)O)c12.Cc1oc2cccc(C(=O)O)c2c1C.O=S(=O)(O)O.[Na+].[Na+].[OH-].[OH-]. The van der Waals surface area contributed by atoms with Crippen LogP contribution in [0.1, 0.15) is 177 Å². The standard InChI is InChI=1S/C12H14O4.C12H12O3.2C12H14O3.2C11H10O3.C10H8O3.C8H11N.C8H8O3.C4H7Br.C4H7ClO.2Na.H2O4S.2H2O/c1-8(13)9(2)16-11-6-4-5-10(7-11)12(14)15-3;1-7-8(2)15-10-6-4-5-9(11(7)10)12(13)14-3;1-4-8(2)11-9(12(14)15-3)6-5-7-10(11)13;1-3-4-8-15-11-7-5-6-10(9-11)12(13)14-2;1-7-6-14-9-5-3-4-8(10(7)9)11(12)13-2;1-6-7(2)14-9-5-3-4-8(10(6)9)11(12)13;1-6-5-13-8-4-2-3-7(9(6)8)10(11)12;1-9(2)8-6-4-3-5-7-8;1-11-8(10)6-3-2-4-7(9)5-6;1-2-3-4-5;1-3(5)4(2)6;;;1-5(2,3)4;;/h4-7,9H,1-3H3;4-6H,1-3H3;4-8,13H,1H2,2-3H3;3-7,9H,8H2,1-2H3;3-6H,1-2H3;3-5H,1-2H3,(H,12,13);2-5H,1H3,(H,11,12);3-7H,1-2H3;2-5,9H,1H3;2-3H,4H2,1H3;3H,1-2H3;;;(H2,1,2,3,4);2*1H2/q;;;;;;;;;;;2*+1;;;/p-2/b;;;4-3+;;;;;;3-2+;;;;;;. The number of carbonyl (C=O) groups excluding carboxylic acids is 8. The summed E-state index contributed by atoms with van der Waals surface area (Å²) in [5, 5.41) is 40.2. The molecule has 9 aromatic carbocycles. The first-order valence-corrected chi connectivity index (χ1v) is 44.6. The summed E-state index contributed by atoms with van der Waals surface area (Å²) < 4.78 is 91.4. The minimum Gasteiger partial charge on any atom is -0.870 e. The molecular weight excluding hydrogens is 1970 g/mol. The Morgan fingerprint density at radius 2 is 0.810 bits per heavy atom. The van der Waals surface area contributed by atoms with Gasteiger partial charge in [0.15, 0.2) is 11.9 Å². The number of ketones is 2. The number of benzene rings is 9. The van der Waals surface area contributed by atoms with E-state index in [0.717, 1.165) is 55.5 Å². The van der Waals surface area contributed by atoms with Crippen molar-refractivity contribution in [3.63, 3.8) is 0 Å². The van der Waals surface area contributed by atoms with Crippen molar-refractivity contribution < 1.29 is 212 Å². The number of methoxy groups -OCH3 is 6. The number of hydrogen-bond acceptors (Lipinski definition) is 29. The van der Waals surface area contributed by atoms with E-state index in [-0.39, 0.29) is 122 Å². The van der Waals surface area contributed by atoms with Gasteiger partial charge in [0.2, 0.25) is 0 Å². The number of phenols is 2. The summed E-state index contributed by atoms with van der Waals surface area (Å²) in [6.45, 7) is 27.4. The van der Waals surface area contributed by atoms with Crippen LogP contribution in [0.3, 0.4) is 0 Å². The number of para-hydroxylation sites is 1. The van der Waals surface area contributed by atoms with Crippen LogP contribution in [-0.2, 0) is 48.4 Å². The largest absolute Gasteiger partial charge is 1.00 e. The Bertz CT molecular complexity index is 6370. The fourth-order valence-corrected chi connectivity index (χ4v) is 11.8. The second kappa shape index (κ2) is 69.8. The van der Waals surface area contributed by atoms with Crippen LogP contribution in [-0.4, -0.2) is 188 Å². The minimum absolute atomic E-state index is 0. The van der Waals surface area contributed by atoms with Crippen LogP contribution >= 0.6 is 27.5 Å². The molecule has 0 spiro atoms. The third kappa shape index (κ3) is 45.7. The number of aryl methyl sites for hydroxylation is 6. The molecule has 0 bridgehead atoms. The molecule has 4 heterocycles. The molecule has 4 aromatic heterocycles. The van der Waals surface area contributed by atoms with Crippen molar-refractivity contribution in [3.05, 3.63) is 327 Å². The smallest absolute Gasteiger partial charge is 0.870 e. The summed E-state index contributed by atoms with van der Waals surface area (Å²) >= 11 is 8.49. The number of phenolic OH excluding ortho intramolecular Hbond substituents is 2. The molecule has 754 valence electrons. The van der Waals surface area contributed by atoms with Gasteiger partial charge in [-0.1, -0.05) is 120 Å². The minimum atomic E-state index is -4.67. The van der Waals surface area contributed by atoms with Crippen LogP contribution in [0.15, 0.2) is 261 Å². The number of rotatable bonds is 19. The van der Waals surface area contributed by atoms with Crippen molar-refractivity contribution >= 4 is 147 Å². The molecule has 8 N–H and O–H groups in total. The van der Waals surface area contributed by atoms with E-state index >= 15 is 0 Å². The fraction of sp³-hybridized carbons (Fsp3) is 0.250. The topological polar surface area (TPSA) is 516 Å². The predicted octanol–water partition coefficient (Wildman–Crippen LogP) is 16.4. The molecule has 0 radical (unpaired) electrons. The normalized spacial score (nSPS) is 10.5. The Kier molecular flexibility index (Phi) is 65.4. The number of halogens is 2. The zero-order chi connectivity index (χ0) is 104. The number of carboxylic acid groups (broad SMARTS) is 2. The third-order valence-corrected chi connectivity index (χ3v) is 19.6. The predicted molar refractivity (Wildman–Crippen MR) is 537 cm³/mol. The van der Waals surface area contributed by atoms with Gasteiger partial charge in [0.05, 0.1) is 105 Å². The van der Waals surface area contributed by atoms with Crippen molar-refractivity contribution in [2.75, 3.05) is 73.6 Å². The number of carbonyl (C=O) groups is 10. The quantitative estimate of drug-likeness (QED) is 0.0109. The Balaban J connectivity index is -0.00000150. The second-order valence-corrected chi connectivity index (χ2v) is 31.1. The Labute approximate surface area is 882 Å². The van der Waals surface area contributed by atoms with Gasteiger partial charge in [-0.3, -0.25) is 18.7 Å². The zero-order valence-corrected chi connectivity index (χ0v) is 90.5. The van der Waals surface area contributed by atoms with Gasteiger partial charge in [-0.15, -0.1) is 18.2 Å². The van der Waals surface area contributed by atoms with E-state index in [4.69, 9.17) is 76.3 Å². The molecule has 0 amide bonds. The molecule has 38 heteroatoms. The van der Waals surface area contributed by atoms with E-state index in [1.54, 1.807) is 172 Å². The maximum atomic E-state index is 11.5. The number of ether oxygens (including phenoxy) is 8. The van der Waals surface area contributed by atoms with Gasteiger partial charge in [-0.25, -0.2) is 38.4 Å². The number of furan rings is 4. The molecule has 13 aromatic rings. The molecule has 0 aliphatic carbocycles. The number of aromatic hydroxyl groups is 2. The van der Waals surface area contributed by atoms with Gasteiger partial charge in [-0.2, -0.15) is 8.42 Å².